The first-order valence-corrected chi connectivity index (χ1v) is 37.5. The van der Waals surface area contributed by atoms with Crippen LogP contribution in [0.4, 0.5) is 0 Å². The molecule has 23 heteroatoms. The molecular formula is C67H142B6N10O7. The zero-order chi connectivity index (χ0) is 66.5. The average Bonchev–Trinajstić information content (AvgIpc) is 3.52. The van der Waals surface area contributed by atoms with Gasteiger partial charge < -0.3 is 64.3 Å². The summed E-state index contributed by atoms with van der Waals surface area (Å²) in [5, 5.41) is 69.6. The molecule has 0 unspecified atom stereocenters. The highest BCUT2D eigenvalue weighted by Gasteiger charge is 2.26. The molecule has 520 valence electrons. The van der Waals surface area contributed by atoms with Gasteiger partial charge in [0, 0.05) is 24.4 Å². The number of rotatable bonds is 69. The number of hydrogen-bond donors (Lipinski definition) is 7. The van der Waals surface area contributed by atoms with E-state index < -0.39 is 42.3 Å². The van der Waals surface area contributed by atoms with Gasteiger partial charge in [-0.3, -0.25) is 4.79 Å². The number of allylic oxidation sites excluding steroid dienone is 4. The lowest BCUT2D eigenvalue weighted by atomic mass is 9.80. The molecule has 0 aliphatic heterocycles. The van der Waals surface area contributed by atoms with Gasteiger partial charge >= 0.3 is 42.3 Å². The quantitative estimate of drug-likeness (QED) is 0.00754. The van der Waals surface area contributed by atoms with E-state index in [1.54, 1.807) is 13.6 Å². The molecule has 7 N–H and O–H groups in total. The molecule has 0 radical (unpaired) electrons. The van der Waals surface area contributed by atoms with Gasteiger partial charge in [-0.25, -0.2) is 0 Å². The van der Waals surface area contributed by atoms with Crippen LogP contribution in [0.1, 0.15) is 263 Å². The zero-order valence-corrected chi connectivity index (χ0v) is 59.9. The van der Waals surface area contributed by atoms with Crippen LogP contribution in [0, 0.1) is 5.92 Å². The molecule has 0 aliphatic carbocycles. The van der Waals surface area contributed by atoms with Crippen LogP contribution < -0.4 is 5.32 Å². The molecule has 0 aromatic carbocycles. The Bertz CT molecular complexity index is 1630. The lowest BCUT2D eigenvalue weighted by Gasteiger charge is -2.33. The van der Waals surface area contributed by atoms with Crippen molar-refractivity contribution in [2.24, 2.45) is 11.0 Å². The van der Waals surface area contributed by atoms with Crippen molar-refractivity contribution in [3.05, 3.63) is 34.7 Å². The smallest absolute Gasteiger partial charge is 0.376 e. The van der Waals surface area contributed by atoms with Crippen molar-refractivity contribution in [1.29, 1.82) is 0 Å². The highest BCUT2D eigenvalue weighted by molar-refractivity contribution is 6.46. The Hall–Kier alpha value is -1.83. The Kier molecular flexibility index (Phi) is 63.2. The largest absolute Gasteiger partial charge is 0.437 e. The molecule has 0 aromatic heterocycles. The summed E-state index contributed by atoms with van der Waals surface area (Å²) < 4.78 is 0. The minimum atomic E-state index is -0.617. The number of hydrogen-bond acceptors (Lipinski definition) is 14. The first-order chi connectivity index (χ1) is 43.5. The van der Waals surface area contributed by atoms with Crippen LogP contribution >= 0.6 is 0 Å². The van der Waals surface area contributed by atoms with E-state index in [4.69, 9.17) is 5.53 Å². The van der Waals surface area contributed by atoms with Crippen LogP contribution in [-0.4, -0.2) is 200 Å². The summed E-state index contributed by atoms with van der Waals surface area (Å²) in [6.07, 6.45) is 57.9. The SMILES string of the molecule is CB(O)N(C)CCCN(CCCCN(CC(CCCCCCNC(=O)CCCCCCCCCC/C=C\CCCCCCCCCC/C=C\CCCCCCCCCCCN=[N+]=[N-])CN(CCCCN(CCCN(C)B(C)O)B(C)O)B(C)O)B(C)O)B(C)O. The summed E-state index contributed by atoms with van der Waals surface area (Å²) >= 11 is 0. The van der Waals surface area contributed by atoms with Gasteiger partial charge in [0.05, 0.1) is 0 Å². The molecule has 0 aliphatic rings. The van der Waals surface area contributed by atoms with Crippen molar-refractivity contribution in [1.82, 2.24) is 34.2 Å². The van der Waals surface area contributed by atoms with Crippen LogP contribution in [0.2, 0.25) is 40.9 Å². The fraction of sp³-hybridized carbons (Fsp3) is 0.925. The van der Waals surface area contributed by atoms with E-state index in [0.29, 0.717) is 32.6 Å². The van der Waals surface area contributed by atoms with E-state index in [1.807, 2.05) is 51.0 Å². The number of amides is 1. The summed E-state index contributed by atoms with van der Waals surface area (Å²) in [6, 6.07) is 0. The van der Waals surface area contributed by atoms with Crippen molar-refractivity contribution < 1.29 is 34.9 Å². The van der Waals surface area contributed by atoms with Gasteiger partial charge in [-0.15, -0.1) is 0 Å². The lowest BCUT2D eigenvalue weighted by molar-refractivity contribution is -0.121. The van der Waals surface area contributed by atoms with Gasteiger partial charge in [0.25, 0.3) is 0 Å². The van der Waals surface area contributed by atoms with E-state index in [2.05, 4.69) is 58.9 Å². The molecule has 0 heterocycles. The Morgan fingerprint density at radius 3 is 1.03 bits per heavy atom. The lowest BCUT2D eigenvalue weighted by Crippen LogP contribution is -2.47. The van der Waals surface area contributed by atoms with Crippen LogP contribution in [0.3, 0.4) is 0 Å². The third-order valence-electron chi connectivity index (χ3n) is 18.5. The van der Waals surface area contributed by atoms with E-state index >= 15 is 0 Å². The molecule has 17 nitrogen and oxygen atoms in total. The fourth-order valence-corrected chi connectivity index (χ4v) is 12.0. The molecule has 0 saturated heterocycles. The number of carbonyl (C=O) groups excluding carboxylic acids is 1. The van der Waals surface area contributed by atoms with Crippen LogP contribution in [0.15, 0.2) is 29.4 Å². The molecule has 90 heavy (non-hydrogen) atoms. The number of unbranched alkanes of at least 4 members (excludes halogenated alkanes) is 31. The minimum Gasteiger partial charge on any atom is -0.437 e. The standard InChI is InChI=1S/C67H142B6N10O7/c1-68(85)78(7)56-50-62-80(70(3)87)58-46-48-60-82(72(5)89)64-66(65-83(73(6)90)61-49-47-59-81(71(4)88)63-51-57-79(8)69(2)86)52-42-39-41-44-54-75-67(84)53-43-38-36-34-32-30-28-26-24-22-20-18-16-14-12-10-9-11-13-15-17-19-21-23-25-27-29-31-33-35-37-40-45-55-76-77-74/h19-22,66,85-90H,9-18,23-65H2,1-8H3,(H,75,84)/b21-19-,22-20-. The van der Waals surface area contributed by atoms with Crippen LogP contribution in [0.5, 0.6) is 0 Å². The molecule has 0 atom stereocenters. The molecule has 0 rings (SSSR count). The summed E-state index contributed by atoms with van der Waals surface area (Å²) in [5.74, 6) is 0.404. The number of azide groups is 1. The maximum atomic E-state index is 12.7. The van der Waals surface area contributed by atoms with Crippen molar-refractivity contribution in [3.8, 4) is 0 Å². The number of carbonyl (C=O) groups is 1. The second-order valence-corrected chi connectivity index (χ2v) is 27.0. The molecule has 0 spiro atoms. The molecule has 0 fully saturated rings. The normalized spacial score (nSPS) is 12.0. The topological polar surface area (TPSA) is 219 Å². The van der Waals surface area contributed by atoms with E-state index in [0.717, 1.165) is 142 Å². The summed E-state index contributed by atoms with van der Waals surface area (Å²) in [7, 11) is 0.446. The van der Waals surface area contributed by atoms with E-state index in [1.165, 1.54) is 167 Å². The highest BCUT2D eigenvalue weighted by Crippen LogP contribution is 2.19. The summed E-state index contributed by atoms with van der Waals surface area (Å²) in [5.41, 5.74) is 8.31. The highest BCUT2D eigenvalue weighted by atomic mass is 16.2. The van der Waals surface area contributed by atoms with E-state index in [9.17, 15) is 34.9 Å². The first-order valence-electron chi connectivity index (χ1n) is 37.5. The van der Waals surface area contributed by atoms with Gasteiger partial charge in [0.2, 0.25) is 5.91 Å². The maximum Gasteiger partial charge on any atom is 0.376 e. The minimum absolute atomic E-state index is 0.173. The molecule has 1 amide bonds. The summed E-state index contributed by atoms with van der Waals surface area (Å²) in [6.45, 7) is 19.6. The molecule has 0 aromatic rings. The van der Waals surface area contributed by atoms with E-state index in [-0.39, 0.29) is 11.8 Å². The monoisotopic (exact) mass is 1270 g/mol. The Labute approximate surface area is 557 Å². The maximum absolute atomic E-state index is 12.7. The van der Waals surface area contributed by atoms with Gasteiger partial charge in [0.15, 0.2) is 0 Å². The van der Waals surface area contributed by atoms with Crippen molar-refractivity contribution in [3.63, 3.8) is 0 Å². The first kappa shape index (κ1) is 88.2. The summed E-state index contributed by atoms with van der Waals surface area (Å²) in [4.78, 5) is 27.8. The van der Waals surface area contributed by atoms with Gasteiger partial charge in [-0.2, -0.15) is 0 Å². The Morgan fingerprint density at radius 1 is 0.389 bits per heavy atom. The third-order valence-corrected chi connectivity index (χ3v) is 18.5. The van der Waals surface area contributed by atoms with Crippen LogP contribution in [-0.2, 0) is 4.79 Å². The Morgan fingerprint density at radius 2 is 0.689 bits per heavy atom. The molecular weight excluding hydrogens is 1120 g/mol. The second-order valence-electron chi connectivity index (χ2n) is 27.0. The van der Waals surface area contributed by atoms with Gasteiger partial charge in [-0.1, -0.05) is 171 Å². The second kappa shape index (κ2) is 64.5. The van der Waals surface area contributed by atoms with Gasteiger partial charge in [0.1, 0.15) is 0 Å². The van der Waals surface area contributed by atoms with Crippen LogP contribution in [0.25, 0.3) is 10.4 Å². The fourth-order valence-electron chi connectivity index (χ4n) is 12.0. The molecule has 0 bridgehead atoms. The van der Waals surface area contributed by atoms with Gasteiger partial charge in [-0.05, 0) is 248 Å². The zero-order valence-electron chi connectivity index (χ0n) is 59.9. The number of nitrogens with zero attached hydrogens (tertiary/aromatic N) is 9. The molecule has 0 saturated carbocycles. The van der Waals surface area contributed by atoms with Crippen molar-refractivity contribution in [2.75, 3.05) is 92.6 Å². The van der Waals surface area contributed by atoms with Crippen molar-refractivity contribution in [2.45, 2.75) is 304 Å². The number of nitrogens with one attached hydrogen (secondary N) is 1. The van der Waals surface area contributed by atoms with Crippen molar-refractivity contribution >= 4 is 48.2 Å². The predicted molar refractivity (Wildman–Crippen MR) is 393 cm³/mol. The average molecular weight is 1260 g/mol. The Balaban J connectivity index is 4.42. The third kappa shape index (κ3) is 57.6. The predicted octanol–water partition coefficient (Wildman–Crippen LogP) is 13.9.